The fraction of sp³-hybridized carbons (Fsp3) is 0.429. The van der Waals surface area contributed by atoms with Crippen LogP contribution in [0.3, 0.4) is 0 Å². The Morgan fingerprint density at radius 3 is 2.62 bits per heavy atom. The number of rotatable bonds is 4. The number of amides is 1. The highest BCUT2D eigenvalue weighted by atomic mass is 79.9. The van der Waals surface area contributed by atoms with Crippen LogP contribution in [0.4, 0.5) is 5.69 Å². The monoisotopic (exact) mass is 356 g/mol. The SMILES string of the molecule is NCC1(C(=O)Nc2cc(Br)ccc2C(=O)O)CCOCC1. The minimum atomic E-state index is -1.09. The molecule has 1 aliphatic heterocycles. The number of carbonyl (C=O) groups is 2. The Labute approximate surface area is 130 Å². The maximum atomic E-state index is 12.6. The molecule has 1 amide bonds. The average molecular weight is 357 g/mol. The van der Waals surface area contributed by atoms with Gasteiger partial charge in [0, 0.05) is 24.2 Å². The van der Waals surface area contributed by atoms with Gasteiger partial charge in [0.05, 0.1) is 16.7 Å². The Morgan fingerprint density at radius 2 is 2.05 bits per heavy atom. The molecule has 0 bridgehead atoms. The fourth-order valence-electron chi connectivity index (χ4n) is 2.35. The second-order valence-electron chi connectivity index (χ2n) is 5.05. The molecule has 0 unspecified atom stereocenters. The molecule has 0 aromatic heterocycles. The molecule has 1 aromatic carbocycles. The van der Waals surface area contributed by atoms with Gasteiger partial charge in [-0.3, -0.25) is 4.79 Å². The van der Waals surface area contributed by atoms with E-state index in [1.54, 1.807) is 12.1 Å². The number of benzene rings is 1. The van der Waals surface area contributed by atoms with E-state index in [0.717, 1.165) is 0 Å². The van der Waals surface area contributed by atoms with Crippen LogP contribution in [0.15, 0.2) is 22.7 Å². The molecule has 2 rings (SSSR count). The average Bonchev–Trinajstić information content (AvgIpc) is 2.47. The van der Waals surface area contributed by atoms with Gasteiger partial charge in [0.1, 0.15) is 0 Å². The minimum Gasteiger partial charge on any atom is -0.478 e. The maximum Gasteiger partial charge on any atom is 0.337 e. The number of aromatic carboxylic acids is 1. The molecule has 0 saturated carbocycles. The number of halogens is 1. The van der Waals surface area contributed by atoms with Crippen molar-refractivity contribution < 1.29 is 19.4 Å². The number of ether oxygens (including phenoxy) is 1. The lowest BCUT2D eigenvalue weighted by Gasteiger charge is -2.34. The zero-order chi connectivity index (χ0) is 15.5. The van der Waals surface area contributed by atoms with Crippen molar-refractivity contribution >= 4 is 33.5 Å². The lowest BCUT2D eigenvalue weighted by molar-refractivity contribution is -0.130. The van der Waals surface area contributed by atoms with E-state index in [9.17, 15) is 14.7 Å². The normalized spacial score (nSPS) is 17.2. The van der Waals surface area contributed by atoms with Crippen LogP contribution < -0.4 is 11.1 Å². The first-order chi connectivity index (χ1) is 9.98. The predicted octanol–water partition coefficient (Wildman–Crippen LogP) is 1.84. The first-order valence-electron chi connectivity index (χ1n) is 6.61. The summed E-state index contributed by atoms with van der Waals surface area (Å²) in [6.07, 6.45) is 1.07. The number of carboxylic acids is 1. The van der Waals surface area contributed by atoms with Crippen molar-refractivity contribution in [3.8, 4) is 0 Å². The third kappa shape index (κ3) is 3.42. The van der Waals surface area contributed by atoms with Gasteiger partial charge in [-0.2, -0.15) is 0 Å². The summed E-state index contributed by atoms with van der Waals surface area (Å²) in [5.41, 5.74) is 5.39. The molecule has 1 aliphatic rings. The van der Waals surface area contributed by atoms with Crippen molar-refractivity contribution in [2.45, 2.75) is 12.8 Å². The summed E-state index contributed by atoms with van der Waals surface area (Å²) in [4.78, 5) is 23.8. The molecule has 0 aliphatic carbocycles. The molecule has 1 saturated heterocycles. The smallest absolute Gasteiger partial charge is 0.337 e. The summed E-state index contributed by atoms with van der Waals surface area (Å²) >= 11 is 3.27. The molecule has 1 fully saturated rings. The summed E-state index contributed by atoms with van der Waals surface area (Å²) in [6.45, 7) is 1.17. The molecule has 114 valence electrons. The van der Waals surface area contributed by atoms with Gasteiger partial charge in [-0.05, 0) is 31.0 Å². The van der Waals surface area contributed by atoms with Crippen LogP contribution in [0.25, 0.3) is 0 Å². The van der Waals surface area contributed by atoms with Gasteiger partial charge < -0.3 is 20.9 Å². The second-order valence-corrected chi connectivity index (χ2v) is 5.96. The van der Waals surface area contributed by atoms with Crippen LogP contribution in [0.1, 0.15) is 23.2 Å². The number of hydrogen-bond acceptors (Lipinski definition) is 4. The molecule has 6 nitrogen and oxygen atoms in total. The number of anilines is 1. The highest BCUT2D eigenvalue weighted by molar-refractivity contribution is 9.10. The number of carboxylic acid groups (broad SMARTS) is 1. The molecule has 4 N–H and O–H groups in total. The third-order valence-corrected chi connectivity index (χ3v) is 4.28. The van der Waals surface area contributed by atoms with Gasteiger partial charge in [0.25, 0.3) is 0 Å². The van der Waals surface area contributed by atoms with Gasteiger partial charge in [0.2, 0.25) is 5.91 Å². The Balaban J connectivity index is 2.26. The molecular weight excluding hydrogens is 340 g/mol. The van der Waals surface area contributed by atoms with E-state index < -0.39 is 11.4 Å². The molecule has 1 heterocycles. The maximum absolute atomic E-state index is 12.6. The zero-order valence-corrected chi connectivity index (χ0v) is 13.0. The van der Waals surface area contributed by atoms with Crippen molar-refractivity contribution in [1.29, 1.82) is 0 Å². The Kier molecular flexibility index (Phi) is 4.97. The highest BCUT2D eigenvalue weighted by Gasteiger charge is 2.39. The largest absolute Gasteiger partial charge is 0.478 e. The Bertz CT molecular complexity index is 556. The molecule has 1 aromatic rings. The van der Waals surface area contributed by atoms with Crippen molar-refractivity contribution in [1.82, 2.24) is 0 Å². The van der Waals surface area contributed by atoms with E-state index in [-0.39, 0.29) is 23.7 Å². The fourth-order valence-corrected chi connectivity index (χ4v) is 2.71. The van der Waals surface area contributed by atoms with Crippen LogP contribution in [0.2, 0.25) is 0 Å². The Hall–Kier alpha value is -1.44. The van der Waals surface area contributed by atoms with Gasteiger partial charge in [-0.1, -0.05) is 15.9 Å². The molecule has 0 spiro atoms. The number of nitrogens with two attached hydrogens (primary N) is 1. The number of carbonyl (C=O) groups excluding carboxylic acids is 1. The van der Waals surface area contributed by atoms with Crippen molar-refractivity contribution in [2.75, 3.05) is 25.1 Å². The quantitative estimate of drug-likeness (QED) is 0.763. The van der Waals surface area contributed by atoms with Crippen LogP contribution in [0.5, 0.6) is 0 Å². The second kappa shape index (κ2) is 6.55. The van der Waals surface area contributed by atoms with Crippen molar-refractivity contribution in [3.05, 3.63) is 28.2 Å². The van der Waals surface area contributed by atoms with Crippen LogP contribution in [0, 0.1) is 5.41 Å². The lowest BCUT2D eigenvalue weighted by atomic mass is 9.79. The molecule has 0 radical (unpaired) electrons. The first-order valence-corrected chi connectivity index (χ1v) is 7.40. The third-order valence-electron chi connectivity index (χ3n) is 3.78. The topological polar surface area (TPSA) is 102 Å². The lowest BCUT2D eigenvalue weighted by Crippen LogP contribution is -2.46. The van der Waals surface area contributed by atoms with Crippen LogP contribution in [-0.2, 0) is 9.53 Å². The van der Waals surface area contributed by atoms with Gasteiger partial charge >= 0.3 is 5.97 Å². The van der Waals surface area contributed by atoms with E-state index in [4.69, 9.17) is 10.5 Å². The van der Waals surface area contributed by atoms with E-state index >= 15 is 0 Å². The summed E-state index contributed by atoms with van der Waals surface area (Å²) < 4.78 is 5.96. The molecule has 21 heavy (non-hydrogen) atoms. The van der Waals surface area contributed by atoms with Crippen molar-refractivity contribution in [2.24, 2.45) is 11.1 Å². The molecule has 0 atom stereocenters. The van der Waals surface area contributed by atoms with Crippen LogP contribution in [-0.4, -0.2) is 36.7 Å². The van der Waals surface area contributed by atoms with Gasteiger partial charge in [-0.25, -0.2) is 4.79 Å². The predicted molar refractivity (Wildman–Crippen MR) is 81.3 cm³/mol. The molecular formula is C14H17BrN2O4. The zero-order valence-electron chi connectivity index (χ0n) is 11.4. The van der Waals surface area contributed by atoms with E-state index in [1.807, 2.05) is 0 Å². The van der Waals surface area contributed by atoms with Gasteiger partial charge in [-0.15, -0.1) is 0 Å². The first kappa shape index (κ1) is 15.9. The summed E-state index contributed by atoms with van der Waals surface area (Å²) in [5.74, 6) is -1.35. The van der Waals surface area contributed by atoms with E-state index in [0.29, 0.717) is 30.5 Å². The molecule has 7 heteroatoms. The minimum absolute atomic E-state index is 0.0470. The summed E-state index contributed by atoms with van der Waals surface area (Å²) in [5, 5.41) is 11.9. The van der Waals surface area contributed by atoms with Crippen LogP contribution >= 0.6 is 15.9 Å². The summed E-state index contributed by atoms with van der Waals surface area (Å²) in [6, 6.07) is 4.64. The number of hydrogen-bond donors (Lipinski definition) is 3. The standard InChI is InChI=1S/C14H17BrN2O4/c15-9-1-2-10(12(18)19)11(7-9)17-13(20)14(8-16)3-5-21-6-4-14/h1-2,7H,3-6,8,16H2,(H,17,20)(H,18,19). The summed E-state index contributed by atoms with van der Waals surface area (Å²) in [7, 11) is 0. The van der Waals surface area contributed by atoms with Crippen molar-refractivity contribution in [3.63, 3.8) is 0 Å². The highest BCUT2D eigenvalue weighted by Crippen LogP contribution is 2.32. The van der Waals surface area contributed by atoms with E-state index in [2.05, 4.69) is 21.2 Å². The van der Waals surface area contributed by atoms with E-state index in [1.165, 1.54) is 6.07 Å². The Morgan fingerprint density at radius 1 is 1.38 bits per heavy atom. The number of nitrogens with one attached hydrogen (secondary N) is 1. The van der Waals surface area contributed by atoms with Gasteiger partial charge in [0.15, 0.2) is 0 Å².